The summed E-state index contributed by atoms with van der Waals surface area (Å²) >= 11 is 1.83. The molecule has 1 saturated carbocycles. The van der Waals surface area contributed by atoms with Crippen LogP contribution in [0.2, 0.25) is 0 Å². The van der Waals surface area contributed by atoms with Crippen molar-refractivity contribution in [1.82, 2.24) is 10.2 Å². The maximum absolute atomic E-state index is 3.65. The van der Waals surface area contributed by atoms with Crippen LogP contribution in [0.1, 0.15) is 56.6 Å². The Morgan fingerprint density at radius 1 is 1.16 bits per heavy atom. The molecule has 0 amide bonds. The first-order chi connectivity index (χ1) is 9.37. The summed E-state index contributed by atoms with van der Waals surface area (Å²) in [5, 5.41) is 8.21. The molecule has 3 heteroatoms. The summed E-state index contributed by atoms with van der Waals surface area (Å²) in [6.45, 7) is 2.62. The second-order valence-electron chi connectivity index (χ2n) is 6.14. The summed E-state index contributed by atoms with van der Waals surface area (Å²) in [4.78, 5) is 2.82. The Labute approximate surface area is 121 Å². The third-order valence-electron chi connectivity index (χ3n) is 5.16. The number of hydrogen-bond acceptors (Lipinski definition) is 3. The second kappa shape index (κ2) is 5.94. The molecule has 0 radical (unpaired) electrons. The molecule has 3 rings (SSSR count). The van der Waals surface area contributed by atoms with Gasteiger partial charge in [-0.15, -0.1) is 0 Å². The van der Waals surface area contributed by atoms with Crippen molar-refractivity contribution in [2.75, 3.05) is 20.1 Å². The first-order valence-electron chi connectivity index (χ1n) is 7.81. The van der Waals surface area contributed by atoms with Gasteiger partial charge in [-0.25, -0.2) is 0 Å². The van der Waals surface area contributed by atoms with Crippen LogP contribution in [-0.2, 0) is 0 Å². The zero-order valence-electron chi connectivity index (χ0n) is 12.0. The molecule has 2 aliphatic rings. The molecular weight excluding hydrogens is 252 g/mol. The second-order valence-corrected chi connectivity index (χ2v) is 6.92. The monoisotopic (exact) mass is 278 g/mol. The Kier molecular flexibility index (Phi) is 4.25. The minimum absolute atomic E-state index is 0.385. The van der Waals surface area contributed by atoms with Crippen LogP contribution in [0.3, 0.4) is 0 Å². The molecule has 0 aromatic carbocycles. The van der Waals surface area contributed by atoms with E-state index >= 15 is 0 Å². The summed E-state index contributed by atoms with van der Waals surface area (Å²) in [5.41, 5.74) is 1.89. The van der Waals surface area contributed by atoms with Gasteiger partial charge in [0.1, 0.15) is 0 Å². The average molecular weight is 278 g/mol. The smallest absolute Gasteiger partial charge is 0.0513 e. The first kappa shape index (κ1) is 13.6. The Morgan fingerprint density at radius 2 is 1.89 bits per heavy atom. The van der Waals surface area contributed by atoms with Crippen molar-refractivity contribution in [3.63, 3.8) is 0 Å². The lowest BCUT2D eigenvalue weighted by molar-refractivity contribution is 0.0385. The van der Waals surface area contributed by atoms with Gasteiger partial charge < -0.3 is 5.32 Å². The van der Waals surface area contributed by atoms with Crippen molar-refractivity contribution < 1.29 is 0 Å². The molecule has 1 unspecified atom stereocenters. The van der Waals surface area contributed by atoms with Gasteiger partial charge in [-0.3, -0.25) is 4.90 Å². The van der Waals surface area contributed by atoms with Crippen LogP contribution in [0.5, 0.6) is 0 Å². The van der Waals surface area contributed by atoms with Crippen molar-refractivity contribution in [3.05, 3.63) is 22.4 Å². The minimum atomic E-state index is 0.385. The number of likely N-dealkylation sites (N-methyl/N-ethyl adjacent to an activating group) is 1. The standard InChI is InChI=1S/C16H26N2S/c1-17-15(14-7-12-19-13-14)16(8-3-4-9-16)18-10-5-2-6-11-18/h7,12-13,15,17H,2-6,8-11H2,1H3. The van der Waals surface area contributed by atoms with Crippen molar-refractivity contribution in [3.8, 4) is 0 Å². The van der Waals surface area contributed by atoms with Crippen LogP contribution < -0.4 is 5.32 Å². The molecule has 1 aromatic heterocycles. The number of rotatable bonds is 4. The Hall–Kier alpha value is -0.380. The third kappa shape index (κ3) is 2.48. The Balaban J connectivity index is 1.89. The van der Waals surface area contributed by atoms with Crippen LogP contribution in [0.15, 0.2) is 16.8 Å². The quantitative estimate of drug-likeness (QED) is 0.901. The van der Waals surface area contributed by atoms with Gasteiger partial charge >= 0.3 is 0 Å². The van der Waals surface area contributed by atoms with E-state index in [4.69, 9.17) is 0 Å². The van der Waals surface area contributed by atoms with Gasteiger partial charge in [0.25, 0.3) is 0 Å². The van der Waals surface area contributed by atoms with E-state index in [1.165, 1.54) is 63.6 Å². The molecule has 1 aromatic rings. The summed E-state index contributed by atoms with van der Waals surface area (Å²) in [6.07, 6.45) is 9.75. The Morgan fingerprint density at radius 3 is 2.47 bits per heavy atom. The molecule has 2 fully saturated rings. The fraction of sp³-hybridized carbons (Fsp3) is 0.750. The molecule has 106 valence electrons. The van der Waals surface area contributed by atoms with Crippen LogP contribution in [-0.4, -0.2) is 30.6 Å². The lowest BCUT2D eigenvalue weighted by Crippen LogP contribution is -2.56. The maximum Gasteiger partial charge on any atom is 0.0513 e. The largest absolute Gasteiger partial charge is 0.311 e. The van der Waals surface area contributed by atoms with Gasteiger partial charge in [-0.1, -0.05) is 19.3 Å². The molecule has 1 atom stereocenters. The summed E-state index contributed by atoms with van der Waals surface area (Å²) in [5.74, 6) is 0. The van der Waals surface area contributed by atoms with Gasteiger partial charge in [-0.2, -0.15) is 11.3 Å². The highest BCUT2D eigenvalue weighted by Crippen LogP contribution is 2.45. The van der Waals surface area contributed by atoms with Crippen molar-refractivity contribution >= 4 is 11.3 Å². The summed E-state index contributed by atoms with van der Waals surface area (Å²) in [6, 6.07) is 2.83. The zero-order valence-corrected chi connectivity index (χ0v) is 12.8. The molecule has 1 aliphatic carbocycles. The molecule has 0 spiro atoms. The highest BCUT2D eigenvalue weighted by molar-refractivity contribution is 7.07. The first-order valence-corrected chi connectivity index (χ1v) is 8.75. The van der Waals surface area contributed by atoms with Gasteiger partial charge in [0.15, 0.2) is 0 Å². The van der Waals surface area contributed by atoms with E-state index in [1.807, 2.05) is 11.3 Å². The highest BCUT2D eigenvalue weighted by atomic mass is 32.1. The number of hydrogen-bond donors (Lipinski definition) is 1. The van der Waals surface area contributed by atoms with Gasteiger partial charge in [0.2, 0.25) is 0 Å². The number of nitrogens with zero attached hydrogens (tertiary/aromatic N) is 1. The molecular formula is C16H26N2S. The molecule has 1 saturated heterocycles. The molecule has 1 N–H and O–H groups in total. The van der Waals surface area contributed by atoms with E-state index in [9.17, 15) is 0 Å². The fourth-order valence-corrected chi connectivity index (χ4v) is 4.98. The molecule has 0 bridgehead atoms. The maximum atomic E-state index is 3.65. The predicted molar refractivity (Wildman–Crippen MR) is 82.7 cm³/mol. The van der Waals surface area contributed by atoms with Crippen LogP contribution >= 0.6 is 11.3 Å². The lowest BCUT2D eigenvalue weighted by Gasteiger charge is -2.48. The highest BCUT2D eigenvalue weighted by Gasteiger charge is 2.46. The van der Waals surface area contributed by atoms with Crippen LogP contribution in [0, 0.1) is 0 Å². The van der Waals surface area contributed by atoms with E-state index < -0.39 is 0 Å². The van der Waals surface area contributed by atoms with E-state index in [1.54, 1.807) is 0 Å². The van der Waals surface area contributed by atoms with E-state index in [0.29, 0.717) is 11.6 Å². The van der Waals surface area contributed by atoms with Crippen LogP contribution in [0.4, 0.5) is 0 Å². The van der Waals surface area contributed by atoms with E-state index in [-0.39, 0.29) is 0 Å². The normalized spacial score (nSPS) is 25.5. The zero-order chi connectivity index (χ0) is 13.1. The number of thiophene rings is 1. The summed E-state index contributed by atoms with van der Waals surface area (Å²) in [7, 11) is 2.15. The van der Waals surface area contributed by atoms with Crippen LogP contribution in [0.25, 0.3) is 0 Å². The molecule has 19 heavy (non-hydrogen) atoms. The number of likely N-dealkylation sites (tertiary alicyclic amines) is 1. The third-order valence-corrected chi connectivity index (χ3v) is 5.86. The fourth-order valence-electron chi connectivity index (χ4n) is 4.30. The van der Waals surface area contributed by atoms with Crippen molar-refractivity contribution in [1.29, 1.82) is 0 Å². The molecule has 2 heterocycles. The average Bonchev–Trinajstić information content (AvgIpc) is 3.13. The Bertz CT molecular complexity index is 375. The van der Waals surface area contributed by atoms with Gasteiger partial charge in [0.05, 0.1) is 6.04 Å². The molecule has 2 nitrogen and oxygen atoms in total. The lowest BCUT2D eigenvalue weighted by atomic mass is 9.81. The van der Waals surface area contributed by atoms with Crippen molar-refractivity contribution in [2.45, 2.75) is 56.5 Å². The minimum Gasteiger partial charge on any atom is -0.311 e. The van der Waals surface area contributed by atoms with Crippen molar-refractivity contribution in [2.24, 2.45) is 0 Å². The topological polar surface area (TPSA) is 15.3 Å². The van der Waals surface area contributed by atoms with E-state index in [2.05, 4.69) is 34.1 Å². The number of nitrogens with one attached hydrogen (secondary N) is 1. The van der Waals surface area contributed by atoms with E-state index in [0.717, 1.165) is 0 Å². The number of piperidine rings is 1. The van der Waals surface area contributed by atoms with Gasteiger partial charge in [0, 0.05) is 5.54 Å². The predicted octanol–water partition coefficient (Wildman–Crippen LogP) is 3.81. The SMILES string of the molecule is CNC(c1ccsc1)C1(N2CCCCC2)CCCC1. The van der Waals surface area contributed by atoms with Gasteiger partial charge in [-0.05, 0) is 68.2 Å². The summed E-state index contributed by atoms with van der Waals surface area (Å²) < 4.78 is 0. The molecule has 1 aliphatic heterocycles.